The quantitative estimate of drug-likeness (QED) is 0.673. The molecule has 0 radical (unpaired) electrons. The second kappa shape index (κ2) is 8.34. The smallest absolute Gasteiger partial charge is 0.315 e. The molecule has 0 spiro atoms. The van der Waals surface area contributed by atoms with Crippen molar-refractivity contribution >= 4 is 6.03 Å². The van der Waals surface area contributed by atoms with E-state index in [1.54, 1.807) is 0 Å². The molecule has 2 amide bonds. The minimum Gasteiger partial charge on any atom is -0.381 e. The van der Waals surface area contributed by atoms with Crippen LogP contribution in [0.2, 0.25) is 0 Å². The average Bonchev–Trinajstić information content (AvgIpc) is 2.75. The van der Waals surface area contributed by atoms with Crippen molar-refractivity contribution in [3.8, 4) is 0 Å². The van der Waals surface area contributed by atoms with Gasteiger partial charge in [-0.05, 0) is 25.2 Å². The lowest BCUT2D eigenvalue weighted by Gasteiger charge is -2.13. The van der Waals surface area contributed by atoms with Crippen LogP contribution in [0.25, 0.3) is 0 Å². The van der Waals surface area contributed by atoms with Gasteiger partial charge < -0.3 is 15.4 Å². The number of urea groups is 1. The van der Waals surface area contributed by atoms with Gasteiger partial charge in [-0.25, -0.2) is 4.79 Å². The monoisotopic (exact) mass is 242 g/mol. The zero-order valence-corrected chi connectivity index (χ0v) is 11.1. The number of carbonyl (C=O) groups is 1. The second-order valence-electron chi connectivity index (χ2n) is 5.20. The van der Waals surface area contributed by atoms with Crippen molar-refractivity contribution in [2.45, 2.75) is 52.0 Å². The first-order valence-electron chi connectivity index (χ1n) is 6.80. The van der Waals surface area contributed by atoms with Crippen molar-refractivity contribution in [2.75, 3.05) is 19.8 Å². The summed E-state index contributed by atoms with van der Waals surface area (Å²) < 4.78 is 5.44. The topological polar surface area (TPSA) is 50.4 Å². The lowest BCUT2D eigenvalue weighted by molar-refractivity contribution is 0.108. The first-order valence-corrected chi connectivity index (χ1v) is 6.80. The number of ether oxygens (including phenoxy) is 1. The molecule has 1 aliphatic rings. The van der Waals surface area contributed by atoms with Crippen molar-refractivity contribution in [3.05, 3.63) is 0 Å². The van der Waals surface area contributed by atoms with Gasteiger partial charge in [0.1, 0.15) is 0 Å². The van der Waals surface area contributed by atoms with Crippen LogP contribution >= 0.6 is 0 Å². The Bertz CT molecular complexity index is 213. The Morgan fingerprint density at radius 3 is 2.71 bits per heavy atom. The molecule has 0 saturated heterocycles. The van der Waals surface area contributed by atoms with Crippen LogP contribution in [0.1, 0.15) is 46.0 Å². The second-order valence-corrected chi connectivity index (χ2v) is 5.20. The molecule has 0 atom stereocenters. The van der Waals surface area contributed by atoms with Gasteiger partial charge in [0.2, 0.25) is 0 Å². The number of hydrogen-bond donors (Lipinski definition) is 2. The van der Waals surface area contributed by atoms with Crippen LogP contribution < -0.4 is 10.6 Å². The highest BCUT2D eigenvalue weighted by Crippen LogP contribution is 2.17. The molecule has 0 aromatic carbocycles. The Morgan fingerprint density at radius 2 is 2.06 bits per heavy atom. The SMILES string of the molecule is CC(C)COCCCNC(=O)NC1CCCC1. The Balaban J connectivity index is 1.89. The summed E-state index contributed by atoms with van der Waals surface area (Å²) in [5.41, 5.74) is 0. The molecule has 0 aromatic rings. The van der Waals surface area contributed by atoms with E-state index in [2.05, 4.69) is 24.5 Å². The molecule has 0 unspecified atom stereocenters. The summed E-state index contributed by atoms with van der Waals surface area (Å²) >= 11 is 0. The van der Waals surface area contributed by atoms with Gasteiger partial charge in [-0.15, -0.1) is 0 Å². The number of amides is 2. The van der Waals surface area contributed by atoms with Crippen LogP contribution in [0.15, 0.2) is 0 Å². The Morgan fingerprint density at radius 1 is 1.35 bits per heavy atom. The van der Waals surface area contributed by atoms with E-state index in [4.69, 9.17) is 4.74 Å². The van der Waals surface area contributed by atoms with Gasteiger partial charge in [0.25, 0.3) is 0 Å². The maximum atomic E-state index is 11.5. The van der Waals surface area contributed by atoms with Gasteiger partial charge in [-0.2, -0.15) is 0 Å². The van der Waals surface area contributed by atoms with E-state index in [9.17, 15) is 4.79 Å². The molecule has 2 N–H and O–H groups in total. The summed E-state index contributed by atoms with van der Waals surface area (Å²) in [4.78, 5) is 11.5. The van der Waals surface area contributed by atoms with Crippen LogP contribution in [-0.2, 0) is 4.74 Å². The van der Waals surface area contributed by atoms with E-state index in [1.807, 2.05) is 0 Å². The molecule has 0 heterocycles. The summed E-state index contributed by atoms with van der Waals surface area (Å²) in [6.45, 7) is 6.48. The summed E-state index contributed by atoms with van der Waals surface area (Å²) in [5, 5.41) is 5.86. The maximum Gasteiger partial charge on any atom is 0.315 e. The van der Waals surface area contributed by atoms with Gasteiger partial charge in [0.15, 0.2) is 0 Å². The molecule has 1 fully saturated rings. The third kappa shape index (κ3) is 7.21. The third-order valence-electron chi connectivity index (χ3n) is 2.89. The predicted octanol–water partition coefficient (Wildman–Crippen LogP) is 2.29. The molecular formula is C13H26N2O2. The van der Waals surface area contributed by atoms with Crippen molar-refractivity contribution < 1.29 is 9.53 Å². The van der Waals surface area contributed by atoms with E-state index in [0.717, 1.165) is 32.5 Å². The molecule has 0 aliphatic heterocycles. The van der Waals surface area contributed by atoms with Gasteiger partial charge >= 0.3 is 6.03 Å². The molecular weight excluding hydrogens is 216 g/mol. The zero-order valence-electron chi connectivity index (χ0n) is 11.1. The van der Waals surface area contributed by atoms with Crippen molar-refractivity contribution in [1.82, 2.24) is 10.6 Å². The number of hydrogen-bond acceptors (Lipinski definition) is 2. The van der Waals surface area contributed by atoms with Gasteiger partial charge in [-0.1, -0.05) is 26.7 Å². The molecule has 4 nitrogen and oxygen atoms in total. The van der Waals surface area contributed by atoms with E-state index in [0.29, 0.717) is 18.5 Å². The van der Waals surface area contributed by atoms with Crippen molar-refractivity contribution in [3.63, 3.8) is 0 Å². The largest absolute Gasteiger partial charge is 0.381 e. The first-order chi connectivity index (χ1) is 8.18. The fraction of sp³-hybridized carbons (Fsp3) is 0.923. The summed E-state index contributed by atoms with van der Waals surface area (Å²) in [6.07, 6.45) is 5.63. The number of carbonyl (C=O) groups excluding carboxylic acids is 1. The third-order valence-corrected chi connectivity index (χ3v) is 2.89. The van der Waals surface area contributed by atoms with E-state index in [1.165, 1.54) is 12.8 Å². The molecule has 1 rings (SSSR count). The highest BCUT2D eigenvalue weighted by molar-refractivity contribution is 5.74. The Hall–Kier alpha value is -0.770. The standard InChI is InChI=1S/C13H26N2O2/c1-11(2)10-17-9-5-8-14-13(16)15-12-6-3-4-7-12/h11-12H,3-10H2,1-2H3,(H2,14,15,16). The molecule has 17 heavy (non-hydrogen) atoms. The average molecular weight is 242 g/mol. The van der Waals surface area contributed by atoms with Crippen LogP contribution in [0.4, 0.5) is 4.79 Å². The van der Waals surface area contributed by atoms with Crippen molar-refractivity contribution in [2.24, 2.45) is 5.92 Å². The lowest BCUT2D eigenvalue weighted by atomic mass is 10.2. The van der Waals surface area contributed by atoms with Gasteiger partial charge in [0.05, 0.1) is 0 Å². The zero-order chi connectivity index (χ0) is 12.5. The van der Waals surface area contributed by atoms with Crippen molar-refractivity contribution in [1.29, 1.82) is 0 Å². The molecule has 1 saturated carbocycles. The van der Waals surface area contributed by atoms with E-state index < -0.39 is 0 Å². The minimum atomic E-state index is -0.0271. The summed E-state index contributed by atoms with van der Waals surface area (Å²) in [6, 6.07) is 0.368. The molecule has 0 aromatic heterocycles. The number of rotatable bonds is 7. The fourth-order valence-electron chi connectivity index (χ4n) is 2.00. The Labute approximate surface area is 104 Å². The van der Waals surface area contributed by atoms with E-state index in [-0.39, 0.29) is 6.03 Å². The van der Waals surface area contributed by atoms with Crippen LogP contribution in [0.3, 0.4) is 0 Å². The predicted molar refractivity (Wildman–Crippen MR) is 69.1 cm³/mol. The Kier molecular flexibility index (Phi) is 7.01. The van der Waals surface area contributed by atoms with E-state index >= 15 is 0 Å². The normalized spacial score (nSPS) is 16.4. The highest BCUT2D eigenvalue weighted by atomic mass is 16.5. The molecule has 1 aliphatic carbocycles. The highest BCUT2D eigenvalue weighted by Gasteiger charge is 2.16. The summed E-state index contributed by atoms with van der Waals surface area (Å²) in [5.74, 6) is 0.577. The minimum absolute atomic E-state index is 0.0271. The number of nitrogens with one attached hydrogen (secondary N) is 2. The first kappa shape index (κ1) is 14.3. The summed E-state index contributed by atoms with van der Waals surface area (Å²) in [7, 11) is 0. The molecule has 100 valence electrons. The fourth-order valence-corrected chi connectivity index (χ4v) is 2.00. The van der Waals surface area contributed by atoms with Crippen LogP contribution in [-0.4, -0.2) is 31.8 Å². The molecule has 0 bridgehead atoms. The van der Waals surface area contributed by atoms with Crippen LogP contribution in [0.5, 0.6) is 0 Å². The van der Waals surface area contributed by atoms with Crippen LogP contribution in [0, 0.1) is 5.92 Å². The maximum absolute atomic E-state index is 11.5. The lowest BCUT2D eigenvalue weighted by Crippen LogP contribution is -2.41. The molecule has 4 heteroatoms. The van der Waals surface area contributed by atoms with Gasteiger partial charge in [-0.3, -0.25) is 0 Å². The van der Waals surface area contributed by atoms with Gasteiger partial charge in [0, 0.05) is 25.8 Å².